The SMILES string of the molecule is O=C(O)c1ccc(C(=O)O)cc1.OCCO.c1ccc(NCNc2ccccc2)cc1. The van der Waals surface area contributed by atoms with E-state index in [1.165, 1.54) is 24.3 Å². The summed E-state index contributed by atoms with van der Waals surface area (Å²) < 4.78 is 0. The molecule has 0 bridgehead atoms. The number of para-hydroxylation sites is 2. The second kappa shape index (κ2) is 15.0. The minimum Gasteiger partial charge on any atom is -0.478 e. The highest BCUT2D eigenvalue weighted by Crippen LogP contribution is 2.07. The number of hydrogen-bond acceptors (Lipinski definition) is 6. The van der Waals surface area contributed by atoms with E-state index in [0.29, 0.717) is 0 Å². The first kappa shape index (κ1) is 25.2. The molecular formula is C23H26N2O6. The lowest BCUT2D eigenvalue weighted by atomic mass is 10.1. The lowest BCUT2D eigenvalue weighted by Crippen LogP contribution is -2.11. The first-order chi connectivity index (χ1) is 15.0. The predicted molar refractivity (Wildman–Crippen MR) is 120 cm³/mol. The third kappa shape index (κ3) is 11.0. The van der Waals surface area contributed by atoms with Crippen LogP contribution in [0.3, 0.4) is 0 Å². The molecule has 0 spiro atoms. The number of anilines is 2. The van der Waals surface area contributed by atoms with E-state index in [0.717, 1.165) is 18.0 Å². The highest BCUT2D eigenvalue weighted by Gasteiger charge is 2.04. The quantitative estimate of drug-likeness (QED) is 0.317. The summed E-state index contributed by atoms with van der Waals surface area (Å²) in [5.41, 5.74) is 2.42. The van der Waals surface area contributed by atoms with Gasteiger partial charge in [-0.15, -0.1) is 0 Å². The smallest absolute Gasteiger partial charge is 0.335 e. The molecule has 8 heteroatoms. The Kier molecular flexibility index (Phi) is 12.2. The van der Waals surface area contributed by atoms with E-state index in [-0.39, 0.29) is 24.3 Å². The lowest BCUT2D eigenvalue weighted by molar-refractivity contribution is 0.0681. The number of hydrogen-bond donors (Lipinski definition) is 6. The molecule has 31 heavy (non-hydrogen) atoms. The van der Waals surface area contributed by atoms with Crippen molar-refractivity contribution >= 4 is 23.3 Å². The number of nitrogens with one attached hydrogen (secondary N) is 2. The van der Waals surface area contributed by atoms with Gasteiger partial charge in [0.25, 0.3) is 0 Å². The zero-order valence-corrected chi connectivity index (χ0v) is 16.8. The van der Waals surface area contributed by atoms with Crippen molar-refractivity contribution in [2.75, 3.05) is 30.5 Å². The molecule has 164 valence electrons. The highest BCUT2D eigenvalue weighted by molar-refractivity contribution is 5.91. The lowest BCUT2D eigenvalue weighted by Gasteiger charge is -2.08. The predicted octanol–water partition coefficient (Wildman–Crippen LogP) is 3.22. The van der Waals surface area contributed by atoms with Gasteiger partial charge < -0.3 is 31.1 Å². The van der Waals surface area contributed by atoms with Gasteiger partial charge >= 0.3 is 11.9 Å². The summed E-state index contributed by atoms with van der Waals surface area (Å²) in [6, 6.07) is 25.3. The number of carboxylic acid groups (broad SMARTS) is 2. The second-order valence-electron chi connectivity index (χ2n) is 5.90. The molecule has 0 aromatic heterocycles. The number of rotatable bonds is 7. The van der Waals surface area contributed by atoms with E-state index < -0.39 is 11.9 Å². The monoisotopic (exact) mass is 426 g/mol. The molecule has 3 aromatic rings. The molecule has 0 aliphatic heterocycles. The summed E-state index contributed by atoms with van der Waals surface area (Å²) in [5, 5.41) is 38.7. The Balaban J connectivity index is 0.000000270. The van der Waals surface area contributed by atoms with Gasteiger partial charge in [-0.2, -0.15) is 0 Å². The van der Waals surface area contributed by atoms with Crippen LogP contribution in [0.2, 0.25) is 0 Å². The van der Waals surface area contributed by atoms with Crippen LogP contribution in [-0.2, 0) is 0 Å². The van der Waals surface area contributed by atoms with E-state index in [4.69, 9.17) is 20.4 Å². The number of benzene rings is 3. The van der Waals surface area contributed by atoms with Gasteiger partial charge in [-0.3, -0.25) is 0 Å². The maximum atomic E-state index is 10.3. The summed E-state index contributed by atoms with van der Waals surface area (Å²) >= 11 is 0. The zero-order chi connectivity index (χ0) is 22.9. The fourth-order valence-electron chi connectivity index (χ4n) is 2.12. The summed E-state index contributed by atoms with van der Waals surface area (Å²) in [6.07, 6.45) is 0. The third-order valence-corrected chi connectivity index (χ3v) is 3.61. The molecule has 0 aliphatic carbocycles. The molecule has 0 saturated carbocycles. The average molecular weight is 426 g/mol. The van der Waals surface area contributed by atoms with Crippen LogP contribution in [-0.4, -0.2) is 52.2 Å². The van der Waals surface area contributed by atoms with Gasteiger partial charge in [0, 0.05) is 11.4 Å². The van der Waals surface area contributed by atoms with E-state index in [2.05, 4.69) is 10.6 Å². The Bertz CT molecular complexity index is 812. The van der Waals surface area contributed by atoms with Crippen molar-refractivity contribution in [3.8, 4) is 0 Å². The molecule has 0 unspecified atom stereocenters. The number of aromatic carboxylic acids is 2. The molecule has 0 heterocycles. The molecule has 0 saturated heterocycles. The van der Waals surface area contributed by atoms with Gasteiger partial charge in [0.2, 0.25) is 0 Å². The van der Waals surface area contributed by atoms with Crippen molar-refractivity contribution in [3.05, 3.63) is 96.1 Å². The molecule has 0 amide bonds. The number of aliphatic hydroxyl groups is 2. The average Bonchev–Trinajstić information content (AvgIpc) is 2.81. The zero-order valence-electron chi connectivity index (χ0n) is 16.8. The fourth-order valence-corrected chi connectivity index (χ4v) is 2.12. The van der Waals surface area contributed by atoms with E-state index in [1.807, 2.05) is 60.7 Å². The molecule has 6 N–H and O–H groups in total. The van der Waals surface area contributed by atoms with Gasteiger partial charge in [0.05, 0.1) is 31.0 Å². The second-order valence-corrected chi connectivity index (χ2v) is 5.90. The van der Waals surface area contributed by atoms with Crippen LogP contribution in [0.15, 0.2) is 84.9 Å². The first-order valence-electron chi connectivity index (χ1n) is 9.34. The van der Waals surface area contributed by atoms with E-state index in [9.17, 15) is 9.59 Å². The summed E-state index contributed by atoms with van der Waals surface area (Å²) in [7, 11) is 0. The van der Waals surface area contributed by atoms with Gasteiger partial charge in [-0.25, -0.2) is 9.59 Å². The van der Waals surface area contributed by atoms with Crippen LogP contribution in [0.4, 0.5) is 11.4 Å². The molecule has 0 fully saturated rings. The van der Waals surface area contributed by atoms with Crippen LogP contribution < -0.4 is 10.6 Å². The van der Waals surface area contributed by atoms with Gasteiger partial charge in [0.1, 0.15) is 0 Å². The minimum atomic E-state index is -1.06. The molecule has 3 aromatic carbocycles. The first-order valence-corrected chi connectivity index (χ1v) is 9.34. The number of carboxylic acids is 2. The number of carbonyl (C=O) groups is 2. The van der Waals surface area contributed by atoms with Crippen LogP contribution >= 0.6 is 0 Å². The van der Waals surface area contributed by atoms with Crippen molar-refractivity contribution in [2.45, 2.75) is 0 Å². The summed E-state index contributed by atoms with van der Waals surface area (Å²) in [5.74, 6) is -2.13. The highest BCUT2D eigenvalue weighted by atomic mass is 16.4. The Hall–Kier alpha value is -3.88. The largest absolute Gasteiger partial charge is 0.478 e. The van der Waals surface area contributed by atoms with Crippen molar-refractivity contribution < 1.29 is 30.0 Å². The van der Waals surface area contributed by atoms with Crippen molar-refractivity contribution in [1.29, 1.82) is 0 Å². The standard InChI is InChI=1S/C13H14N2.C8H6O4.C2H6O2/c1-3-7-12(8-4-1)14-11-15-13-9-5-2-6-10-13;9-7(10)5-1-2-6(4-3-5)8(11)12;3-1-2-4/h1-10,14-15H,11H2;1-4H,(H,9,10)(H,11,12);3-4H,1-2H2. The molecule has 0 radical (unpaired) electrons. The summed E-state index contributed by atoms with van der Waals surface area (Å²) in [4.78, 5) is 20.7. The molecular weight excluding hydrogens is 400 g/mol. The molecule has 0 atom stereocenters. The normalized spacial score (nSPS) is 9.23. The maximum absolute atomic E-state index is 10.3. The molecule has 0 aliphatic rings. The minimum absolute atomic E-state index is 0.0833. The van der Waals surface area contributed by atoms with Gasteiger partial charge in [0.15, 0.2) is 0 Å². The topological polar surface area (TPSA) is 139 Å². The molecule has 8 nitrogen and oxygen atoms in total. The Morgan fingerprint density at radius 1 is 0.581 bits per heavy atom. The van der Waals surface area contributed by atoms with E-state index in [1.54, 1.807) is 0 Å². The van der Waals surface area contributed by atoms with Crippen LogP contribution in [0.1, 0.15) is 20.7 Å². The Labute approximate surface area is 180 Å². The fraction of sp³-hybridized carbons (Fsp3) is 0.130. The van der Waals surface area contributed by atoms with Crippen molar-refractivity contribution in [1.82, 2.24) is 0 Å². The number of aliphatic hydroxyl groups excluding tert-OH is 2. The molecule has 3 rings (SSSR count). The Morgan fingerprint density at radius 3 is 1.16 bits per heavy atom. The third-order valence-electron chi connectivity index (χ3n) is 3.61. The Morgan fingerprint density at radius 2 is 0.903 bits per heavy atom. The maximum Gasteiger partial charge on any atom is 0.335 e. The van der Waals surface area contributed by atoms with Crippen molar-refractivity contribution in [3.63, 3.8) is 0 Å². The van der Waals surface area contributed by atoms with Crippen LogP contribution in [0, 0.1) is 0 Å². The van der Waals surface area contributed by atoms with E-state index >= 15 is 0 Å². The van der Waals surface area contributed by atoms with Crippen LogP contribution in [0.25, 0.3) is 0 Å². The van der Waals surface area contributed by atoms with Crippen LogP contribution in [0.5, 0.6) is 0 Å². The van der Waals surface area contributed by atoms with Crippen molar-refractivity contribution in [2.24, 2.45) is 0 Å². The van der Waals surface area contributed by atoms with Gasteiger partial charge in [-0.05, 0) is 48.5 Å². The summed E-state index contributed by atoms with van der Waals surface area (Å²) in [6.45, 7) is 0.480. The van der Waals surface area contributed by atoms with Gasteiger partial charge in [-0.1, -0.05) is 36.4 Å².